The summed E-state index contributed by atoms with van der Waals surface area (Å²) >= 11 is 4.01. The Hall–Kier alpha value is 0.870. The van der Waals surface area contributed by atoms with Gasteiger partial charge in [0.25, 0.3) is 7.82 Å². The third-order valence-corrected chi connectivity index (χ3v) is 4.63. The predicted molar refractivity (Wildman–Crippen MR) is 37.6 cm³/mol. The van der Waals surface area contributed by atoms with E-state index in [1.807, 2.05) is 0 Å². The van der Waals surface area contributed by atoms with Crippen LogP contribution in [0.3, 0.4) is 0 Å². The monoisotopic (exact) mass is 268 g/mol. The van der Waals surface area contributed by atoms with Gasteiger partial charge in [0.05, 0.1) is 7.82 Å². The largest absolute Gasteiger partial charge is 0.801 e. The topological polar surface area (TPSA) is 145 Å². The van der Waals surface area contributed by atoms with E-state index >= 15 is 0 Å². The molecule has 13 heavy (non-hydrogen) atoms. The summed E-state index contributed by atoms with van der Waals surface area (Å²) in [6.45, 7) is -3.16. The quantitative estimate of drug-likeness (QED) is 0.509. The third-order valence-electron chi connectivity index (χ3n) is 0.448. The van der Waals surface area contributed by atoms with Gasteiger partial charge >= 0.3 is 0 Å². The van der Waals surface area contributed by atoms with Crippen LogP contribution < -0.4 is 19.6 Å². The molecule has 0 aromatic heterocycles. The van der Waals surface area contributed by atoms with Crippen molar-refractivity contribution in [2.75, 3.05) is 6.66 Å². The highest BCUT2D eigenvalue weighted by Gasteiger charge is 2.13. The third kappa shape index (κ3) is 9.18. The van der Waals surface area contributed by atoms with Crippen LogP contribution in [0.5, 0.6) is 0 Å². The van der Waals surface area contributed by atoms with E-state index in [0.29, 0.717) is 0 Å². The molecule has 0 fully saturated rings. The minimum atomic E-state index is -5.74. The van der Waals surface area contributed by atoms with Crippen molar-refractivity contribution >= 4 is 33.9 Å². The lowest BCUT2D eigenvalue weighted by atomic mass is 12.0. The first-order valence-corrected chi connectivity index (χ1v) is 8.46. The van der Waals surface area contributed by atoms with Gasteiger partial charge in [-0.3, -0.25) is 8.88 Å². The van der Waals surface area contributed by atoms with E-state index in [1.165, 1.54) is 0 Å². The van der Waals surface area contributed by atoms with E-state index in [0.717, 1.165) is 6.66 Å². The minimum absolute atomic E-state index is 0.733. The van der Waals surface area contributed by atoms with Gasteiger partial charge in [-0.1, -0.05) is 11.8 Å². The molecule has 0 aromatic rings. The molecule has 0 N–H and O–H groups in total. The van der Waals surface area contributed by atoms with Gasteiger partial charge in [0.15, 0.2) is 0 Å². The SMILES string of the molecule is CP([O-])(=S)OP(=O)([O-])OP(=O)([O-])[O-]. The molecular formula is CH3O8P3S-4. The van der Waals surface area contributed by atoms with E-state index < -0.39 is 22.1 Å². The van der Waals surface area contributed by atoms with Crippen LogP contribution in [-0.2, 0) is 29.6 Å². The van der Waals surface area contributed by atoms with Crippen molar-refractivity contribution in [1.82, 2.24) is 0 Å². The molecule has 0 saturated heterocycles. The Morgan fingerprint density at radius 3 is 1.69 bits per heavy atom. The van der Waals surface area contributed by atoms with Gasteiger partial charge in [-0.2, -0.15) is 0 Å². The first-order valence-electron chi connectivity index (χ1n) is 2.46. The molecule has 0 heterocycles. The number of hydrogen-bond donors (Lipinski definition) is 0. The summed E-state index contributed by atoms with van der Waals surface area (Å²) < 4.78 is 26.8. The Balaban J connectivity index is 4.54. The molecule has 8 nitrogen and oxygen atoms in total. The fourth-order valence-corrected chi connectivity index (χ4v) is 3.87. The van der Waals surface area contributed by atoms with E-state index in [9.17, 15) is 28.7 Å². The predicted octanol–water partition coefficient (Wildman–Crippen LogP) is -2.38. The highest BCUT2D eigenvalue weighted by Crippen LogP contribution is 2.58. The van der Waals surface area contributed by atoms with Crippen LogP contribution in [0.4, 0.5) is 0 Å². The fourth-order valence-electron chi connectivity index (χ4n) is 0.319. The first kappa shape index (κ1) is 13.9. The zero-order valence-electron chi connectivity index (χ0n) is 6.02. The van der Waals surface area contributed by atoms with Crippen LogP contribution in [0, 0.1) is 0 Å². The molecule has 0 rings (SSSR count). The van der Waals surface area contributed by atoms with Gasteiger partial charge in [0.1, 0.15) is 0 Å². The highest BCUT2D eigenvalue weighted by atomic mass is 32.5. The van der Waals surface area contributed by atoms with Crippen LogP contribution in [0.25, 0.3) is 0 Å². The molecule has 80 valence electrons. The average Bonchev–Trinajstić information content (AvgIpc) is 1.43. The van der Waals surface area contributed by atoms with Crippen molar-refractivity contribution in [2.24, 2.45) is 0 Å². The standard InChI is InChI=1S/CH7O8P3S/c1-10(2,13)8-12(6,7)9-11(3,4)5/h1H3,(H,2,13)(H,6,7)(H2,3,4,5)/p-4. The van der Waals surface area contributed by atoms with Crippen molar-refractivity contribution in [2.45, 2.75) is 0 Å². The van der Waals surface area contributed by atoms with E-state index in [1.54, 1.807) is 0 Å². The summed E-state index contributed by atoms with van der Waals surface area (Å²) in [4.78, 5) is 40.6. The van der Waals surface area contributed by atoms with Crippen molar-refractivity contribution in [3.05, 3.63) is 0 Å². The number of hydrogen-bond acceptors (Lipinski definition) is 9. The molecule has 2 atom stereocenters. The fraction of sp³-hybridized carbons (Fsp3) is 1.00. The second-order valence-electron chi connectivity index (χ2n) is 1.83. The number of rotatable bonds is 4. The summed E-state index contributed by atoms with van der Waals surface area (Å²) in [7, 11) is -11.2. The Bertz CT molecular complexity index is 281. The lowest BCUT2D eigenvalue weighted by Crippen LogP contribution is -2.19. The van der Waals surface area contributed by atoms with E-state index in [2.05, 4.69) is 20.4 Å². The summed E-state index contributed by atoms with van der Waals surface area (Å²) in [6.07, 6.45) is 0. The second kappa shape index (κ2) is 4.16. The molecule has 0 amide bonds. The molecule has 2 unspecified atom stereocenters. The minimum Gasteiger partial charge on any atom is -0.801 e. The average molecular weight is 268 g/mol. The van der Waals surface area contributed by atoms with Gasteiger partial charge in [-0.25, -0.2) is 0 Å². The van der Waals surface area contributed by atoms with E-state index in [4.69, 9.17) is 0 Å². The molecule has 0 aliphatic rings. The maximum atomic E-state index is 10.6. The van der Waals surface area contributed by atoms with Gasteiger partial charge < -0.3 is 28.4 Å². The maximum Gasteiger partial charge on any atom is 0.274 e. The maximum absolute atomic E-state index is 10.6. The van der Waals surface area contributed by atoms with Crippen LogP contribution in [0.2, 0.25) is 0 Å². The Morgan fingerprint density at radius 1 is 1.08 bits per heavy atom. The molecule has 0 aliphatic heterocycles. The second-order valence-corrected chi connectivity index (χ2v) is 8.46. The molecule has 0 radical (unpaired) electrons. The lowest BCUT2D eigenvalue weighted by Gasteiger charge is -2.38. The molecule has 0 aliphatic carbocycles. The molecule has 0 spiro atoms. The van der Waals surface area contributed by atoms with Crippen LogP contribution in [0.15, 0.2) is 0 Å². The molecule has 12 heteroatoms. The normalized spacial score (nSPS) is 21.9. The zero-order chi connectivity index (χ0) is 10.9. The summed E-state index contributed by atoms with van der Waals surface area (Å²) in [5, 5.41) is 0. The highest BCUT2D eigenvalue weighted by molar-refractivity contribution is 8.09. The zero-order valence-corrected chi connectivity index (χ0v) is 9.52. The van der Waals surface area contributed by atoms with Crippen molar-refractivity contribution in [3.63, 3.8) is 0 Å². The first-order chi connectivity index (χ1) is 5.41. The summed E-state index contributed by atoms with van der Waals surface area (Å²) in [5.74, 6) is 0. The van der Waals surface area contributed by atoms with Crippen LogP contribution in [0.1, 0.15) is 0 Å². The Kier molecular flexibility index (Phi) is 4.44. The molecule has 0 aromatic carbocycles. The van der Waals surface area contributed by atoms with Gasteiger partial charge in [-0.05, 0) is 6.66 Å². The summed E-state index contributed by atoms with van der Waals surface area (Å²) in [6, 6.07) is 0. The van der Waals surface area contributed by atoms with Crippen LogP contribution >= 0.6 is 22.1 Å². The van der Waals surface area contributed by atoms with Gasteiger partial charge in [-0.15, -0.1) is 0 Å². The number of phosphoric acid groups is 2. The van der Waals surface area contributed by atoms with Crippen molar-refractivity contribution in [3.8, 4) is 0 Å². The smallest absolute Gasteiger partial charge is 0.274 e. The molecule has 0 saturated carbocycles. The van der Waals surface area contributed by atoms with E-state index in [-0.39, 0.29) is 0 Å². The molecule has 0 bridgehead atoms. The Labute approximate surface area is 78.5 Å². The molecular weight excluding hydrogens is 265 g/mol. The van der Waals surface area contributed by atoms with Gasteiger partial charge in [0, 0.05) is 6.49 Å². The lowest BCUT2D eigenvalue weighted by molar-refractivity contribution is -0.339. The summed E-state index contributed by atoms with van der Waals surface area (Å²) in [5.41, 5.74) is 0. The van der Waals surface area contributed by atoms with Crippen LogP contribution in [-0.4, -0.2) is 6.66 Å². The Morgan fingerprint density at radius 2 is 1.46 bits per heavy atom. The van der Waals surface area contributed by atoms with Gasteiger partial charge in [0.2, 0.25) is 0 Å². The van der Waals surface area contributed by atoms with Crippen molar-refractivity contribution in [1.29, 1.82) is 0 Å². The van der Waals surface area contributed by atoms with Crippen molar-refractivity contribution < 1.29 is 37.3 Å².